The van der Waals surface area contributed by atoms with Gasteiger partial charge in [-0.1, -0.05) is 30.3 Å². The van der Waals surface area contributed by atoms with Crippen LogP contribution in [0.2, 0.25) is 0 Å². The van der Waals surface area contributed by atoms with Gasteiger partial charge in [-0.05, 0) is 77.1 Å². The lowest BCUT2D eigenvalue weighted by molar-refractivity contribution is -0.139. The van der Waals surface area contributed by atoms with Crippen LogP contribution in [0.25, 0.3) is 11.1 Å². The van der Waals surface area contributed by atoms with E-state index in [4.69, 9.17) is 4.74 Å². The molecule has 1 heterocycles. The molecule has 2 N–H and O–H groups in total. The van der Waals surface area contributed by atoms with Crippen molar-refractivity contribution in [2.24, 2.45) is 0 Å². The van der Waals surface area contributed by atoms with Crippen molar-refractivity contribution in [3.05, 3.63) is 114 Å². The minimum Gasteiger partial charge on any atom is -0.480 e. The Morgan fingerprint density at radius 1 is 1.05 bits per heavy atom. The zero-order chi connectivity index (χ0) is 28.5. The second-order valence-electron chi connectivity index (χ2n) is 9.12. The van der Waals surface area contributed by atoms with Gasteiger partial charge in [0.15, 0.2) is 0 Å². The Bertz CT molecular complexity index is 1410. The van der Waals surface area contributed by atoms with Crippen molar-refractivity contribution in [2.75, 3.05) is 18.6 Å². The highest BCUT2D eigenvalue weighted by Gasteiger charge is 2.22. The van der Waals surface area contributed by atoms with E-state index in [-0.39, 0.29) is 37.1 Å². The lowest BCUT2D eigenvalue weighted by Gasteiger charge is -2.20. The van der Waals surface area contributed by atoms with E-state index in [1.807, 2.05) is 10.8 Å². The van der Waals surface area contributed by atoms with E-state index in [0.29, 0.717) is 16.9 Å². The molecule has 2 atom stereocenters. The monoisotopic (exact) mass is 565 g/mol. The van der Waals surface area contributed by atoms with Gasteiger partial charge in [0.1, 0.15) is 17.7 Å². The number of carbonyl (C=O) groups excluding carboxylic acids is 1. The molecule has 0 fully saturated rings. The number of aromatic nitrogens is 2. The SMILES string of the molecule is CSCC[C@H](NC(=O)c1ccc(COCC(c2ccc(F)cc2)n2ccnc2)cc1-c1ccc(F)cc1)C(=O)O. The first kappa shape index (κ1) is 29.0. The minimum absolute atomic E-state index is 0.202. The van der Waals surface area contributed by atoms with Crippen LogP contribution in [0.4, 0.5) is 8.78 Å². The standard InChI is InChI=1S/C30H29F2N3O4S/c1-40-15-12-27(30(37)38)34-29(36)25-11-2-20(16-26(25)21-3-7-23(31)8-4-21)17-39-18-28(35-14-13-33-19-35)22-5-9-24(32)10-6-22/h2-11,13-14,16,19,27-28H,12,15,17-18H2,1H3,(H,34,36)(H,37,38)/t27-,28?/m0/s1. The van der Waals surface area contributed by atoms with Crippen molar-refractivity contribution in [2.45, 2.75) is 25.1 Å². The van der Waals surface area contributed by atoms with Gasteiger partial charge in [0.05, 0.1) is 25.6 Å². The molecular formula is C30H29F2N3O4S. The van der Waals surface area contributed by atoms with Gasteiger partial charge in [0, 0.05) is 18.0 Å². The lowest BCUT2D eigenvalue weighted by Crippen LogP contribution is -2.41. The number of thioether (sulfide) groups is 1. The van der Waals surface area contributed by atoms with Crippen molar-refractivity contribution < 1.29 is 28.2 Å². The average Bonchev–Trinajstić information content (AvgIpc) is 3.49. The molecule has 0 saturated heterocycles. The number of ether oxygens (including phenoxy) is 1. The molecule has 4 rings (SSSR count). The van der Waals surface area contributed by atoms with E-state index in [0.717, 1.165) is 11.1 Å². The van der Waals surface area contributed by atoms with Crippen molar-refractivity contribution in [1.29, 1.82) is 0 Å². The summed E-state index contributed by atoms with van der Waals surface area (Å²) in [6.07, 6.45) is 7.28. The molecule has 1 amide bonds. The number of carbonyl (C=O) groups is 2. The van der Waals surface area contributed by atoms with E-state index in [9.17, 15) is 23.5 Å². The number of halogens is 2. The molecule has 0 spiro atoms. The third kappa shape index (κ3) is 7.55. The Balaban J connectivity index is 1.55. The number of hydrogen-bond donors (Lipinski definition) is 2. The maximum Gasteiger partial charge on any atom is 0.326 e. The Hall–Kier alpha value is -4.02. The van der Waals surface area contributed by atoms with Crippen LogP contribution in [0.5, 0.6) is 0 Å². The van der Waals surface area contributed by atoms with Crippen LogP contribution in [-0.2, 0) is 16.1 Å². The van der Waals surface area contributed by atoms with E-state index in [2.05, 4.69) is 10.3 Å². The molecule has 40 heavy (non-hydrogen) atoms. The lowest BCUT2D eigenvalue weighted by atomic mass is 9.96. The van der Waals surface area contributed by atoms with Crippen LogP contribution in [0.1, 0.15) is 33.9 Å². The van der Waals surface area contributed by atoms with Crippen LogP contribution in [0.3, 0.4) is 0 Å². The minimum atomic E-state index is -1.11. The highest BCUT2D eigenvalue weighted by molar-refractivity contribution is 7.98. The van der Waals surface area contributed by atoms with Gasteiger partial charge in [-0.3, -0.25) is 4.79 Å². The number of hydrogen-bond acceptors (Lipinski definition) is 5. The van der Waals surface area contributed by atoms with Crippen LogP contribution >= 0.6 is 11.8 Å². The quantitative estimate of drug-likeness (QED) is 0.220. The Labute approximate surface area is 235 Å². The maximum atomic E-state index is 13.6. The van der Waals surface area contributed by atoms with Crippen LogP contribution in [-0.4, -0.2) is 51.2 Å². The van der Waals surface area contributed by atoms with Gasteiger partial charge in [-0.2, -0.15) is 11.8 Å². The average molecular weight is 566 g/mol. The van der Waals surface area contributed by atoms with Crippen molar-refractivity contribution >= 4 is 23.6 Å². The molecule has 1 aromatic heterocycles. The van der Waals surface area contributed by atoms with Gasteiger partial charge in [-0.15, -0.1) is 0 Å². The van der Waals surface area contributed by atoms with E-state index in [1.54, 1.807) is 61.2 Å². The molecule has 7 nitrogen and oxygen atoms in total. The predicted octanol–water partition coefficient (Wildman–Crippen LogP) is 5.57. The first-order valence-corrected chi connectivity index (χ1v) is 14.0. The number of amides is 1. The summed E-state index contributed by atoms with van der Waals surface area (Å²) in [7, 11) is 0. The molecule has 0 aliphatic carbocycles. The first-order valence-electron chi connectivity index (χ1n) is 12.6. The molecule has 0 aliphatic heterocycles. The van der Waals surface area contributed by atoms with E-state index >= 15 is 0 Å². The summed E-state index contributed by atoms with van der Waals surface area (Å²) in [5.74, 6) is -1.80. The topological polar surface area (TPSA) is 93.5 Å². The van der Waals surface area contributed by atoms with Gasteiger partial charge in [0.25, 0.3) is 5.91 Å². The van der Waals surface area contributed by atoms with Crippen molar-refractivity contribution in [3.8, 4) is 11.1 Å². The fourth-order valence-electron chi connectivity index (χ4n) is 4.26. The smallest absolute Gasteiger partial charge is 0.326 e. The van der Waals surface area contributed by atoms with Gasteiger partial charge >= 0.3 is 5.97 Å². The second kappa shape index (κ2) is 13.9. The number of aliphatic carboxylic acids is 1. The van der Waals surface area contributed by atoms with Crippen LogP contribution < -0.4 is 5.32 Å². The second-order valence-corrected chi connectivity index (χ2v) is 10.1. The molecule has 0 saturated carbocycles. The number of carboxylic acid groups (broad SMARTS) is 1. The summed E-state index contributed by atoms with van der Waals surface area (Å²) in [4.78, 5) is 29.0. The van der Waals surface area contributed by atoms with Crippen LogP contribution in [0, 0.1) is 11.6 Å². The molecule has 208 valence electrons. The molecule has 0 aliphatic rings. The zero-order valence-electron chi connectivity index (χ0n) is 21.8. The summed E-state index contributed by atoms with van der Waals surface area (Å²) in [6, 6.07) is 15.8. The van der Waals surface area contributed by atoms with Crippen LogP contribution in [0.15, 0.2) is 85.5 Å². The van der Waals surface area contributed by atoms with Gasteiger partial charge in [0.2, 0.25) is 0 Å². The first-order chi connectivity index (χ1) is 19.4. The summed E-state index contributed by atoms with van der Waals surface area (Å²) < 4.78 is 35.1. The molecule has 3 aromatic carbocycles. The predicted molar refractivity (Wildman–Crippen MR) is 150 cm³/mol. The summed E-state index contributed by atoms with van der Waals surface area (Å²) >= 11 is 1.50. The largest absolute Gasteiger partial charge is 0.480 e. The molecule has 0 radical (unpaired) electrons. The molecule has 0 bridgehead atoms. The van der Waals surface area contributed by atoms with Gasteiger partial charge < -0.3 is 19.7 Å². The number of imidazole rings is 1. The van der Waals surface area contributed by atoms with E-state index < -0.39 is 23.7 Å². The van der Waals surface area contributed by atoms with Gasteiger partial charge in [-0.25, -0.2) is 18.6 Å². The summed E-state index contributed by atoms with van der Waals surface area (Å²) in [5, 5.41) is 12.2. The number of benzene rings is 3. The Morgan fingerprint density at radius 2 is 1.75 bits per heavy atom. The summed E-state index contributed by atoms with van der Waals surface area (Å²) in [5.41, 5.74) is 3.02. The Kier molecular flexibility index (Phi) is 10.0. The highest BCUT2D eigenvalue weighted by Crippen LogP contribution is 2.27. The number of nitrogens with zero attached hydrogens (tertiary/aromatic N) is 2. The number of nitrogens with one attached hydrogen (secondary N) is 1. The summed E-state index contributed by atoms with van der Waals surface area (Å²) in [6.45, 7) is 0.472. The maximum absolute atomic E-state index is 13.6. The number of carboxylic acids is 1. The van der Waals surface area contributed by atoms with E-state index in [1.165, 1.54) is 36.0 Å². The third-order valence-corrected chi connectivity index (χ3v) is 7.03. The third-order valence-electron chi connectivity index (χ3n) is 6.38. The molecule has 10 heteroatoms. The Morgan fingerprint density at radius 3 is 2.38 bits per heavy atom. The van der Waals surface area contributed by atoms with Crippen molar-refractivity contribution in [1.82, 2.24) is 14.9 Å². The highest BCUT2D eigenvalue weighted by atomic mass is 32.2. The van der Waals surface area contributed by atoms with Crippen molar-refractivity contribution in [3.63, 3.8) is 0 Å². The fourth-order valence-corrected chi connectivity index (χ4v) is 4.73. The number of rotatable bonds is 13. The molecule has 1 unspecified atom stereocenters. The zero-order valence-corrected chi connectivity index (χ0v) is 22.6. The molecule has 4 aromatic rings. The normalized spacial score (nSPS) is 12.6. The molecular weight excluding hydrogens is 536 g/mol. The fraction of sp³-hybridized carbons (Fsp3) is 0.233.